The van der Waals surface area contributed by atoms with Crippen molar-refractivity contribution in [3.63, 3.8) is 0 Å². The van der Waals surface area contributed by atoms with Gasteiger partial charge in [-0.05, 0) is 12.1 Å². The van der Waals surface area contributed by atoms with E-state index >= 15 is 0 Å². The third-order valence-electron chi connectivity index (χ3n) is 2.96. The fraction of sp³-hybridized carbons (Fsp3) is 0.231. The van der Waals surface area contributed by atoms with Crippen LogP contribution in [0, 0.1) is 5.82 Å². The van der Waals surface area contributed by atoms with Gasteiger partial charge in [0.25, 0.3) is 0 Å². The average molecular weight is 274 g/mol. The molecule has 2 aromatic rings. The van der Waals surface area contributed by atoms with Crippen LogP contribution in [0.5, 0.6) is 11.8 Å². The molecular weight excluding hydrogens is 262 g/mol. The van der Waals surface area contributed by atoms with Gasteiger partial charge < -0.3 is 14.2 Å². The predicted molar refractivity (Wildman–Crippen MR) is 71.3 cm³/mol. The Bertz CT molecular complexity index is 606. The molecule has 0 bridgehead atoms. The number of benzene rings is 1. The molecule has 2 heterocycles. The van der Waals surface area contributed by atoms with E-state index in [0.717, 1.165) is 5.46 Å². The fourth-order valence-electron chi connectivity index (χ4n) is 2.00. The lowest BCUT2D eigenvalue weighted by atomic mass is 9.89. The summed E-state index contributed by atoms with van der Waals surface area (Å²) in [5, 5.41) is 0. The Morgan fingerprint density at radius 3 is 2.60 bits per heavy atom. The second-order valence-corrected chi connectivity index (χ2v) is 4.32. The van der Waals surface area contributed by atoms with Crippen LogP contribution in [-0.4, -0.2) is 31.0 Å². The molecule has 0 aliphatic carbocycles. The molecule has 0 N–H and O–H groups in total. The minimum Gasteiger partial charge on any atom is -0.421 e. The summed E-state index contributed by atoms with van der Waals surface area (Å²) in [6, 6.07) is 5.04. The van der Waals surface area contributed by atoms with Crippen LogP contribution in [0.2, 0.25) is 0 Å². The molecule has 0 radical (unpaired) electrons. The highest BCUT2D eigenvalue weighted by Gasteiger charge is 2.26. The zero-order chi connectivity index (χ0) is 13.9. The van der Waals surface area contributed by atoms with Crippen molar-refractivity contribution in [2.75, 3.05) is 13.2 Å². The molecule has 1 aliphatic heterocycles. The van der Waals surface area contributed by atoms with E-state index in [1.807, 2.05) is 0 Å². The van der Waals surface area contributed by atoms with E-state index in [1.165, 1.54) is 12.4 Å². The quantitative estimate of drug-likeness (QED) is 0.772. The van der Waals surface area contributed by atoms with Gasteiger partial charge >= 0.3 is 6.01 Å². The van der Waals surface area contributed by atoms with Crippen LogP contribution in [0.1, 0.15) is 11.9 Å². The Morgan fingerprint density at radius 1 is 1.20 bits per heavy atom. The monoisotopic (exact) mass is 274 g/mol. The molecule has 1 aromatic heterocycles. The molecule has 1 saturated heterocycles. The molecule has 0 amide bonds. The highest BCUT2D eigenvalue weighted by atomic mass is 19.1. The number of nitrogens with zero attached hydrogens (tertiary/aromatic N) is 2. The zero-order valence-electron chi connectivity index (χ0n) is 10.9. The van der Waals surface area contributed by atoms with E-state index in [1.54, 1.807) is 26.0 Å². The Labute approximate surface area is 116 Å². The standard InChI is InChI=1S/C13H12BFN2O3/c14-8-2-3-9(20-13-16-4-1-5-17-13)11(15)10(8)12-18-6-7-19-12/h1-5,12H,6-7,14H2. The molecule has 7 heteroatoms. The normalized spacial score (nSPS) is 15.4. The molecule has 0 unspecified atom stereocenters. The van der Waals surface area contributed by atoms with E-state index < -0.39 is 12.1 Å². The number of rotatable bonds is 3. The topological polar surface area (TPSA) is 53.5 Å². The van der Waals surface area contributed by atoms with Gasteiger partial charge in [-0.2, -0.15) is 0 Å². The van der Waals surface area contributed by atoms with Gasteiger partial charge in [-0.15, -0.1) is 0 Å². The molecule has 1 aliphatic rings. The fourth-order valence-corrected chi connectivity index (χ4v) is 2.00. The van der Waals surface area contributed by atoms with Gasteiger partial charge in [0.15, 0.2) is 17.9 Å². The van der Waals surface area contributed by atoms with Crippen LogP contribution in [0.25, 0.3) is 0 Å². The van der Waals surface area contributed by atoms with Crippen LogP contribution in [0.4, 0.5) is 4.39 Å². The summed E-state index contributed by atoms with van der Waals surface area (Å²) in [7, 11) is 1.80. The Balaban J connectivity index is 1.94. The van der Waals surface area contributed by atoms with Crippen LogP contribution >= 0.6 is 0 Å². The average Bonchev–Trinajstić information content (AvgIpc) is 2.97. The third kappa shape index (κ3) is 2.50. The zero-order valence-corrected chi connectivity index (χ0v) is 10.9. The molecule has 3 rings (SSSR count). The summed E-state index contributed by atoms with van der Waals surface area (Å²) in [5.41, 5.74) is 1.10. The van der Waals surface area contributed by atoms with Crippen molar-refractivity contribution in [2.24, 2.45) is 0 Å². The van der Waals surface area contributed by atoms with Crippen LogP contribution < -0.4 is 10.2 Å². The second kappa shape index (κ2) is 5.56. The summed E-state index contributed by atoms with van der Waals surface area (Å²) in [6.07, 6.45) is 2.37. The molecule has 1 aromatic carbocycles. The van der Waals surface area contributed by atoms with Crippen molar-refractivity contribution in [1.29, 1.82) is 0 Å². The summed E-state index contributed by atoms with van der Waals surface area (Å²) >= 11 is 0. The first-order valence-corrected chi connectivity index (χ1v) is 6.23. The first kappa shape index (κ1) is 13.0. The maximum absolute atomic E-state index is 14.5. The number of aromatic nitrogens is 2. The van der Waals surface area contributed by atoms with E-state index in [-0.39, 0.29) is 11.8 Å². The first-order chi connectivity index (χ1) is 9.75. The molecule has 0 saturated carbocycles. The van der Waals surface area contributed by atoms with Gasteiger partial charge in [-0.1, -0.05) is 11.5 Å². The molecule has 0 atom stereocenters. The molecular formula is C13H12BFN2O3. The third-order valence-corrected chi connectivity index (χ3v) is 2.96. The van der Waals surface area contributed by atoms with Crippen molar-refractivity contribution in [3.8, 4) is 11.8 Å². The Morgan fingerprint density at radius 2 is 1.90 bits per heavy atom. The first-order valence-electron chi connectivity index (χ1n) is 6.23. The second-order valence-electron chi connectivity index (χ2n) is 4.32. The van der Waals surface area contributed by atoms with Gasteiger partial charge in [-0.25, -0.2) is 14.4 Å². The summed E-state index contributed by atoms with van der Waals surface area (Å²) in [4.78, 5) is 7.80. The molecule has 0 spiro atoms. The van der Waals surface area contributed by atoms with Crippen LogP contribution in [0.3, 0.4) is 0 Å². The Hall–Kier alpha value is -1.99. The smallest absolute Gasteiger partial charge is 0.321 e. The SMILES string of the molecule is Bc1ccc(Oc2ncccn2)c(F)c1C1OCCO1. The van der Waals surface area contributed by atoms with E-state index in [2.05, 4.69) is 9.97 Å². The van der Waals surface area contributed by atoms with Crippen LogP contribution in [-0.2, 0) is 9.47 Å². The minimum absolute atomic E-state index is 0.0518. The van der Waals surface area contributed by atoms with Gasteiger partial charge in [-0.3, -0.25) is 0 Å². The molecule has 1 fully saturated rings. The highest BCUT2D eigenvalue weighted by molar-refractivity contribution is 6.33. The maximum atomic E-state index is 14.5. The number of hydrogen-bond acceptors (Lipinski definition) is 5. The van der Waals surface area contributed by atoms with Crippen LogP contribution in [0.15, 0.2) is 30.6 Å². The van der Waals surface area contributed by atoms with E-state index in [4.69, 9.17) is 14.2 Å². The van der Waals surface area contributed by atoms with Crippen molar-refractivity contribution in [3.05, 3.63) is 42.0 Å². The van der Waals surface area contributed by atoms with Gasteiger partial charge in [0, 0.05) is 18.0 Å². The van der Waals surface area contributed by atoms with E-state index in [9.17, 15) is 4.39 Å². The summed E-state index contributed by atoms with van der Waals surface area (Å²) < 4.78 is 30.6. The maximum Gasteiger partial charge on any atom is 0.321 e. The summed E-state index contributed by atoms with van der Waals surface area (Å²) in [5.74, 6) is -0.458. The lowest BCUT2D eigenvalue weighted by Crippen LogP contribution is -2.18. The van der Waals surface area contributed by atoms with Crippen molar-refractivity contribution in [1.82, 2.24) is 9.97 Å². The van der Waals surface area contributed by atoms with Gasteiger partial charge in [0.1, 0.15) is 7.85 Å². The summed E-state index contributed by atoms with van der Waals surface area (Å²) in [6.45, 7) is 0.910. The number of ether oxygens (including phenoxy) is 3. The van der Waals surface area contributed by atoms with Crippen molar-refractivity contribution < 1.29 is 18.6 Å². The Kier molecular flexibility index (Phi) is 3.62. The van der Waals surface area contributed by atoms with Crippen molar-refractivity contribution in [2.45, 2.75) is 6.29 Å². The lowest BCUT2D eigenvalue weighted by molar-refractivity contribution is -0.0458. The van der Waals surface area contributed by atoms with Gasteiger partial charge in [0.2, 0.25) is 0 Å². The van der Waals surface area contributed by atoms with E-state index in [0.29, 0.717) is 18.8 Å². The largest absolute Gasteiger partial charge is 0.421 e. The number of hydrogen-bond donors (Lipinski definition) is 0. The van der Waals surface area contributed by atoms with Crippen molar-refractivity contribution >= 4 is 13.3 Å². The molecule has 20 heavy (non-hydrogen) atoms. The highest BCUT2D eigenvalue weighted by Crippen LogP contribution is 2.30. The molecule has 5 nitrogen and oxygen atoms in total. The molecule has 102 valence electrons. The minimum atomic E-state index is -0.685. The lowest BCUT2D eigenvalue weighted by Gasteiger charge is -2.15. The van der Waals surface area contributed by atoms with Gasteiger partial charge in [0.05, 0.1) is 13.2 Å². The predicted octanol–water partition coefficient (Wildman–Crippen LogP) is 0.712. The number of halogens is 1.